The molecule has 1 aromatic carbocycles. The number of benzene rings is 1. The van der Waals surface area contributed by atoms with Crippen LogP contribution in [-0.2, 0) is 6.54 Å². The highest BCUT2D eigenvalue weighted by Crippen LogP contribution is 2.11. The molecule has 0 unspecified atom stereocenters. The Morgan fingerprint density at radius 1 is 0.735 bits per heavy atom. The zero-order valence-electron chi connectivity index (χ0n) is 22.0. The number of nitrogens with one attached hydrogen (secondary N) is 8. The average Bonchev–Trinajstić information content (AvgIpc) is 2.85. The van der Waals surface area contributed by atoms with Crippen LogP contribution in [0.3, 0.4) is 0 Å². The van der Waals surface area contributed by atoms with Crippen molar-refractivity contribution in [2.45, 2.75) is 25.9 Å². The first kappa shape index (κ1) is 30.7. The molecule has 0 saturated carbocycles. The first-order valence-corrected chi connectivity index (χ1v) is 13.0. The Kier molecular flexibility index (Phi) is 18.0. The van der Waals surface area contributed by atoms with E-state index in [-0.39, 0.29) is 5.54 Å². The van der Waals surface area contributed by atoms with Crippen LogP contribution in [-0.4, -0.2) is 103 Å². The van der Waals surface area contributed by atoms with Crippen molar-refractivity contribution in [1.29, 1.82) is 0 Å². The summed E-state index contributed by atoms with van der Waals surface area (Å²) in [5, 5.41) is 37.9. The van der Waals surface area contributed by atoms with Gasteiger partial charge in [0, 0.05) is 85.1 Å². The van der Waals surface area contributed by atoms with Crippen LogP contribution < -0.4 is 42.5 Å². The van der Waals surface area contributed by atoms with Gasteiger partial charge < -0.3 is 47.6 Å². The lowest BCUT2D eigenvalue weighted by Gasteiger charge is -2.37. The highest BCUT2D eigenvalue weighted by Gasteiger charge is 2.29. The third kappa shape index (κ3) is 13.6. The number of rotatable bonds is 3. The van der Waals surface area contributed by atoms with Gasteiger partial charge in [-0.25, -0.2) is 0 Å². The number of hydrogen-bond donors (Lipinski definition) is 9. The van der Waals surface area contributed by atoms with Crippen molar-refractivity contribution in [2.24, 2.45) is 5.92 Å². The summed E-state index contributed by atoms with van der Waals surface area (Å²) < 4.78 is 0. The van der Waals surface area contributed by atoms with Crippen molar-refractivity contribution < 1.29 is 5.11 Å². The molecule has 9 heteroatoms. The third-order valence-corrected chi connectivity index (χ3v) is 5.73. The zero-order chi connectivity index (χ0) is 24.9. The lowest BCUT2D eigenvalue weighted by atomic mass is 9.97. The molecule has 4 rings (SSSR count). The minimum Gasteiger partial charge on any atom is -0.508 e. The van der Waals surface area contributed by atoms with E-state index in [1.165, 1.54) is 5.56 Å². The van der Waals surface area contributed by atoms with Crippen molar-refractivity contribution in [3.05, 3.63) is 29.8 Å². The molecule has 3 aliphatic heterocycles. The first-order chi connectivity index (χ1) is 16.7. The van der Waals surface area contributed by atoms with Crippen molar-refractivity contribution >= 4 is 0 Å². The summed E-state index contributed by atoms with van der Waals surface area (Å²) in [4.78, 5) is 0. The second kappa shape index (κ2) is 19.9. The van der Waals surface area contributed by atoms with E-state index in [1.807, 2.05) is 40.1 Å². The Morgan fingerprint density at radius 2 is 1.12 bits per heavy atom. The van der Waals surface area contributed by atoms with Gasteiger partial charge in [-0.2, -0.15) is 0 Å². The van der Waals surface area contributed by atoms with Crippen LogP contribution in [0, 0.1) is 5.92 Å². The number of aromatic hydroxyl groups is 1. The zero-order valence-corrected chi connectivity index (χ0v) is 22.0. The molecule has 198 valence electrons. The summed E-state index contributed by atoms with van der Waals surface area (Å²) in [7, 11) is 3.75. The first-order valence-electron chi connectivity index (χ1n) is 13.0. The van der Waals surface area contributed by atoms with Gasteiger partial charge in [0.2, 0.25) is 0 Å². The highest BCUT2D eigenvalue weighted by atomic mass is 16.3. The number of phenolic OH excluding ortho intramolecular Hbond substituents is 1. The average molecular weight is 481 g/mol. The van der Waals surface area contributed by atoms with Crippen molar-refractivity contribution in [3.8, 4) is 5.75 Å². The molecule has 0 aromatic heterocycles. The van der Waals surface area contributed by atoms with Crippen LogP contribution in [0.2, 0.25) is 0 Å². The van der Waals surface area contributed by atoms with Crippen LogP contribution in [0.15, 0.2) is 24.3 Å². The van der Waals surface area contributed by atoms with E-state index in [9.17, 15) is 5.11 Å². The molecule has 3 aliphatic rings. The number of hydrogen-bond acceptors (Lipinski definition) is 9. The van der Waals surface area contributed by atoms with E-state index < -0.39 is 0 Å². The molecule has 3 saturated heterocycles. The Labute approximate surface area is 208 Å². The Morgan fingerprint density at radius 3 is 1.53 bits per heavy atom. The predicted octanol–water partition coefficient (Wildman–Crippen LogP) is -0.737. The highest BCUT2D eigenvalue weighted by molar-refractivity contribution is 5.26. The summed E-state index contributed by atoms with van der Waals surface area (Å²) in [6.45, 7) is 16.3. The van der Waals surface area contributed by atoms with E-state index in [1.54, 1.807) is 12.1 Å². The fraction of sp³-hybridized carbons (Fsp3) is 0.760. The summed E-state index contributed by atoms with van der Waals surface area (Å²) >= 11 is 0. The van der Waals surface area contributed by atoms with Crippen LogP contribution in [0.25, 0.3) is 0 Å². The minimum atomic E-state index is -0.103. The number of fused-ring (bicyclic) bond motifs is 15. The monoisotopic (exact) mass is 480 g/mol. The quantitative estimate of drug-likeness (QED) is 0.276. The van der Waals surface area contributed by atoms with Crippen molar-refractivity contribution in [3.63, 3.8) is 0 Å². The smallest absolute Gasteiger partial charge is 0.115 e. The van der Waals surface area contributed by atoms with Gasteiger partial charge in [-0.1, -0.05) is 26.0 Å². The second-order valence-electron chi connectivity index (χ2n) is 8.81. The van der Waals surface area contributed by atoms with Gasteiger partial charge in [-0.15, -0.1) is 0 Å². The van der Waals surface area contributed by atoms with Gasteiger partial charge in [-0.3, -0.25) is 0 Å². The molecule has 2 bridgehead atoms. The predicted molar refractivity (Wildman–Crippen MR) is 145 cm³/mol. The largest absolute Gasteiger partial charge is 0.508 e. The molecule has 1 aromatic rings. The molecule has 0 spiro atoms. The molecular formula is C25H52N8O. The molecule has 9 N–H and O–H groups in total. The van der Waals surface area contributed by atoms with Crippen LogP contribution >= 0.6 is 0 Å². The minimum absolute atomic E-state index is 0.103. The maximum Gasteiger partial charge on any atom is 0.115 e. The van der Waals surface area contributed by atoms with Gasteiger partial charge in [0.15, 0.2) is 0 Å². The molecule has 0 atom stereocenters. The van der Waals surface area contributed by atoms with Gasteiger partial charge in [0.25, 0.3) is 0 Å². The fourth-order valence-electron chi connectivity index (χ4n) is 3.93. The van der Waals surface area contributed by atoms with E-state index in [2.05, 4.69) is 42.5 Å². The number of phenols is 1. The van der Waals surface area contributed by atoms with Crippen LogP contribution in [0.5, 0.6) is 5.75 Å². The standard InChI is InChI=1S/C21H39N7O.C2H7N.C2H6/c29-20-3-1-18(2-4-20)14-28-21-15-25-8-5-22-11-19(12-23-6-9-26-16-21)13-24-7-10-27-17-21;1-3-2;1-2/h1-4,19,22-29H,5-17H2;3H,1-2H3;1-2H3. The van der Waals surface area contributed by atoms with E-state index in [0.29, 0.717) is 11.7 Å². The molecule has 0 aliphatic carbocycles. The van der Waals surface area contributed by atoms with Crippen LogP contribution in [0.1, 0.15) is 19.4 Å². The SMILES string of the molecule is CC.CNC.Oc1ccc(CNC23CNCCNCC(CNCCNC2)CNCCNC3)cc1. The van der Waals surface area contributed by atoms with Gasteiger partial charge in [0.05, 0.1) is 5.54 Å². The van der Waals surface area contributed by atoms with Crippen molar-refractivity contribution in [1.82, 2.24) is 42.5 Å². The van der Waals surface area contributed by atoms with Gasteiger partial charge in [-0.05, 0) is 37.7 Å². The van der Waals surface area contributed by atoms with Crippen LogP contribution in [0.4, 0.5) is 0 Å². The molecule has 3 heterocycles. The maximum absolute atomic E-state index is 9.54. The van der Waals surface area contributed by atoms with Gasteiger partial charge in [0.1, 0.15) is 5.75 Å². The normalized spacial score (nSPS) is 25.0. The van der Waals surface area contributed by atoms with Gasteiger partial charge >= 0.3 is 0 Å². The topological polar surface area (TPSA) is 116 Å². The second-order valence-corrected chi connectivity index (χ2v) is 8.81. The molecule has 0 amide bonds. The third-order valence-electron chi connectivity index (χ3n) is 5.73. The molecule has 9 nitrogen and oxygen atoms in total. The molecular weight excluding hydrogens is 428 g/mol. The Hall–Kier alpha value is -1.30. The summed E-state index contributed by atoms with van der Waals surface area (Å²) in [6, 6.07) is 7.46. The van der Waals surface area contributed by atoms with Crippen molar-refractivity contribution in [2.75, 3.05) is 92.6 Å². The van der Waals surface area contributed by atoms with E-state index in [0.717, 1.165) is 85.1 Å². The summed E-state index contributed by atoms with van der Waals surface area (Å²) in [5.74, 6) is 0.912. The molecule has 0 radical (unpaired) electrons. The molecule has 3 fully saturated rings. The summed E-state index contributed by atoms with van der Waals surface area (Å²) in [5.41, 5.74) is 1.07. The lowest BCUT2D eigenvalue weighted by Crippen LogP contribution is -2.64. The molecule has 34 heavy (non-hydrogen) atoms. The Bertz CT molecular complexity index is 546. The summed E-state index contributed by atoms with van der Waals surface area (Å²) in [6.07, 6.45) is 0. The van der Waals surface area contributed by atoms with E-state index in [4.69, 9.17) is 0 Å². The fourth-order valence-corrected chi connectivity index (χ4v) is 3.93. The van der Waals surface area contributed by atoms with E-state index >= 15 is 0 Å². The lowest BCUT2D eigenvalue weighted by molar-refractivity contribution is 0.273. The Balaban J connectivity index is 0.00000107. The maximum atomic E-state index is 9.54.